The molecule has 0 spiro atoms. The van der Waals surface area contributed by atoms with Crippen LogP contribution in [0.5, 0.6) is 0 Å². The lowest BCUT2D eigenvalue weighted by molar-refractivity contribution is -0.116. The first-order valence-corrected chi connectivity index (χ1v) is 7.41. The molecule has 3 N–H and O–H groups in total. The highest BCUT2D eigenvalue weighted by atomic mass is 16.5. The Morgan fingerprint density at radius 1 is 1.25 bits per heavy atom. The fraction of sp³-hybridized carbons (Fsp3) is 0.812. The zero-order valence-electron chi connectivity index (χ0n) is 14.0. The minimum atomic E-state index is -0.250. The van der Waals surface area contributed by atoms with Crippen LogP contribution in [-0.4, -0.2) is 30.2 Å². The van der Waals surface area contributed by atoms with E-state index in [1.54, 1.807) is 6.08 Å². The minimum absolute atomic E-state index is 0.0439. The summed E-state index contributed by atoms with van der Waals surface area (Å²) in [5.41, 5.74) is 5.47. The molecular weight excluding hydrogens is 252 g/mol. The van der Waals surface area contributed by atoms with Gasteiger partial charge in [0.05, 0.1) is 5.60 Å². The number of hydrogen-bond acceptors (Lipinski definition) is 3. The summed E-state index contributed by atoms with van der Waals surface area (Å²) >= 11 is 0. The van der Waals surface area contributed by atoms with Crippen molar-refractivity contribution >= 4 is 5.91 Å². The van der Waals surface area contributed by atoms with Crippen LogP contribution in [0.15, 0.2) is 12.2 Å². The largest absolute Gasteiger partial charge is 0.375 e. The van der Waals surface area contributed by atoms with Gasteiger partial charge in [0.2, 0.25) is 5.91 Å². The third-order valence-electron chi connectivity index (χ3n) is 2.90. The van der Waals surface area contributed by atoms with Crippen molar-refractivity contribution in [1.82, 2.24) is 5.32 Å². The zero-order chi connectivity index (χ0) is 15.8. The van der Waals surface area contributed by atoms with Crippen LogP contribution in [0.3, 0.4) is 0 Å². The number of nitrogens with one attached hydrogen (secondary N) is 1. The minimum Gasteiger partial charge on any atom is -0.375 e. The molecule has 0 fully saturated rings. The predicted molar refractivity (Wildman–Crippen MR) is 84.5 cm³/mol. The quantitative estimate of drug-likeness (QED) is 0.640. The van der Waals surface area contributed by atoms with Crippen molar-refractivity contribution in [2.45, 2.75) is 65.5 Å². The molecule has 0 aliphatic rings. The number of allylic oxidation sites excluding steroid dienone is 1. The molecule has 0 aliphatic heterocycles. The number of carbonyl (C=O) groups excluding carboxylic acids is 1. The lowest BCUT2D eigenvalue weighted by Gasteiger charge is -2.27. The molecule has 0 bridgehead atoms. The second-order valence-corrected chi connectivity index (χ2v) is 6.99. The zero-order valence-corrected chi connectivity index (χ0v) is 14.0. The summed E-state index contributed by atoms with van der Waals surface area (Å²) in [5.74, 6) is 0.345. The van der Waals surface area contributed by atoms with Gasteiger partial charge in [-0.15, -0.1) is 0 Å². The second kappa shape index (κ2) is 8.42. The Hall–Kier alpha value is -0.870. The van der Waals surface area contributed by atoms with E-state index in [9.17, 15) is 4.79 Å². The Morgan fingerprint density at radius 3 is 2.35 bits per heavy atom. The first-order valence-electron chi connectivity index (χ1n) is 7.41. The highest BCUT2D eigenvalue weighted by Crippen LogP contribution is 2.15. The van der Waals surface area contributed by atoms with Crippen molar-refractivity contribution in [3.8, 4) is 0 Å². The molecule has 0 saturated heterocycles. The van der Waals surface area contributed by atoms with Crippen molar-refractivity contribution in [2.24, 2.45) is 11.7 Å². The van der Waals surface area contributed by atoms with Gasteiger partial charge in [0.15, 0.2) is 0 Å². The van der Waals surface area contributed by atoms with Crippen LogP contribution in [0.1, 0.15) is 54.4 Å². The summed E-state index contributed by atoms with van der Waals surface area (Å²) in [5, 5.41) is 2.87. The molecule has 20 heavy (non-hydrogen) atoms. The number of amides is 1. The molecule has 0 aromatic heterocycles. The molecule has 0 aromatic carbocycles. The van der Waals surface area contributed by atoms with Gasteiger partial charge in [-0.2, -0.15) is 0 Å². The maximum Gasteiger partial charge on any atom is 0.243 e. The Labute approximate surface area is 124 Å². The Morgan fingerprint density at radius 2 is 1.85 bits per heavy atom. The van der Waals surface area contributed by atoms with E-state index < -0.39 is 0 Å². The van der Waals surface area contributed by atoms with E-state index in [4.69, 9.17) is 10.5 Å². The van der Waals surface area contributed by atoms with Crippen LogP contribution in [0, 0.1) is 5.92 Å². The van der Waals surface area contributed by atoms with E-state index in [2.05, 4.69) is 5.32 Å². The van der Waals surface area contributed by atoms with Crippen molar-refractivity contribution < 1.29 is 9.53 Å². The van der Waals surface area contributed by atoms with Gasteiger partial charge in [0.1, 0.15) is 0 Å². The molecule has 4 heteroatoms. The van der Waals surface area contributed by atoms with Gasteiger partial charge in [-0.1, -0.05) is 19.9 Å². The Bertz CT molecular complexity index is 315. The third-order valence-corrected chi connectivity index (χ3v) is 2.90. The highest BCUT2D eigenvalue weighted by Gasteiger charge is 2.20. The summed E-state index contributed by atoms with van der Waals surface area (Å²) < 4.78 is 5.84. The van der Waals surface area contributed by atoms with Gasteiger partial charge >= 0.3 is 0 Å². The average Bonchev–Trinajstić information content (AvgIpc) is 2.23. The fourth-order valence-corrected chi connectivity index (χ4v) is 1.49. The number of carbonyl (C=O) groups is 1. The molecule has 1 amide bonds. The smallest absolute Gasteiger partial charge is 0.243 e. The summed E-state index contributed by atoms with van der Waals surface area (Å²) in [6.45, 7) is 13.4. The summed E-state index contributed by atoms with van der Waals surface area (Å²) in [7, 11) is 0. The van der Waals surface area contributed by atoms with E-state index in [1.165, 1.54) is 0 Å². The van der Waals surface area contributed by atoms with E-state index in [0.717, 1.165) is 12.8 Å². The molecular formula is C16H32N2O2. The molecule has 0 rings (SSSR count). The number of nitrogens with two attached hydrogens (primary N) is 1. The molecule has 0 heterocycles. The van der Waals surface area contributed by atoms with E-state index in [-0.39, 0.29) is 17.0 Å². The van der Waals surface area contributed by atoms with Gasteiger partial charge in [-0.25, -0.2) is 0 Å². The maximum absolute atomic E-state index is 11.5. The van der Waals surface area contributed by atoms with Gasteiger partial charge in [-0.3, -0.25) is 4.79 Å². The van der Waals surface area contributed by atoms with Gasteiger partial charge in [0.25, 0.3) is 0 Å². The standard InChI is InChI=1S/C16H32N2O2/c1-13(2)7-8-14(19)18-11-9-16(5,6)20-12-10-15(3,4)17/h7-8,13H,9-12,17H2,1-6H3,(H,18,19). The maximum atomic E-state index is 11.5. The lowest BCUT2D eigenvalue weighted by atomic mass is 10.0. The number of rotatable bonds is 9. The van der Waals surface area contributed by atoms with Gasteiger partial charge < -0.3 is 15.8 Å². The molecule has 0 saturated carbocycles. The second-order valence-electron chi connectivity index (χ2n) is 6.99. The number of ether oxygens (including phenoxy) is 1. The molecule has 4 nitrogen and oxygen atoms in total. The van der Waals surface area contributed by atoms with Crippen molar-refractivity contribution in [2.75, 3.05) is 13.2 Å². The molecule has 0 unspecified atom stereocenters. The van der Waals surface area contributed by atoms with Gasteiger partial charge in [0, 0.05) is 18.7 Å². The normalized spacial score (nSPS) is 13.2. The SMILES string of the molecule is CC(C)C=CC(=O)NCCC(C)(C)OCCC(C)(C)N. The number of hydrogen-bond donors (Lipinski definition) is 2. The van der Waals surface area contributed by atoms with E-state index in [1.807, 2.05) is 47.6 Å². The van der Waals surface area contributed by atoms with Crippen LogP contribution in [0.4, 0.5) is 0 Å². The first kappa shape index (κ1) is 19.1. The van der Waals surface area contributed by atoms with Crippen LogP contribution >= 0.6 is 0 Å². The van der Waals surface area contributed by atoms with Crippen LogP contribution in [0.2, 0.25) is 0 Å². The third kappa shape index (κ3) is 12.2. The van der Waals surface area contributed by atoms with E-state index in [0.29, 0.717) is 19.1 Å². The Balaban J connectivity index is 3.90. The molecule has 0 aromatic rings. The van der Waals surface area contributed by atoms with E-state index >= 15 is 0 Å². The van der Waals surface area contributed by atoms with Gasteiger partial charge in [-0.05, 0) is 52.5 Å². The van der Waals surface area contributed by atoms with Crippen molar-refractivity contribution in [1.29, 1.82) is 0 Å². The van der Waals surface area contributed by atoms with Crippen LogP contribution in [0.25, 0.3) is 0 Å². The molecule has 0 aliphatic carbocycles. The topological polar surface area (TPSA) is 64.3 Å². The molecule has 0 atom stereocenters. The average molecular weight is 284 g/mol. The predicted octanol–water partition coefficient (Wildman–Crippen LogP) is 2.63. The first-order chi connectivity index (χ1) is 9.02. The van der Waals surface area contributed by atoms with Crippen molar-refractivity contribution in [3.63, 3.8) is 0 Å². The molecule has 0 radical (unpaired) electrons. The van der Waals surface area contributed by atoms with Crippen LogP contribution in [-0.2, 0) is 9.53 Å². The highest BCUT2D eigenvalue weighted by molar-refractivity contribution is 5.87. The lowest BCUT2D eigenvalue weighted by Crippen LogP contribution is -2.36. The van der Waals surface area contributed by atoms with Crippen LogP contribution < -0.4 is 11.1 Å². The summed E-state index contributed by atoms with van der Waals surface area (Å²) in [6, 6.07) is 0. The monoisotopic (exact) mass is 284 g/mol. The molecule has 118 valence electrons. The summed E-state index contributed by atoms with van der Waals surface area (Å²) in [4.78, 5) is 11.5. The Kier molecular flexibility index (Phi) is 8.06. The fourth-order valence-electron chi connectivity index (χ4n) is 1.49. The van der Waals surface area contributed by atoms with Crippen molar-refractivity contribution in [3.05, 3.63) is 12.2 Å². The summed E-state index contributed by atoms with van der Waals surface area (Å²) in [6.07, 6.45) is 5.08.